The molecule has 174 valence electrons. The minimum atomic E-state index is -3.76. The second-order valence-electron chi connectivity index (χ2n) is 7.97. The number of thiazole rings is 1. The van der Waals surface area contributed by atoms with Crippen LogP contribution < -0.4 is 9.11 Å². The maximum atomic E-state index is 14.3. The Morgan fingerprint density at radius 2 is 1.82 bits per heavy atom. The standard InChI is InChI=1S/C25H22FN3O3S2/c1-2-28-23-20(26)9-5-11-22(23)33-25(28)27-24(30)18-12-14-19(15-13-18)34(31,32)29-16-6-8-17-7-3-4-10-21(17)29/h3-5,7,9-15H,2,6,8,16H2,1H3. The first-order chi connectivity index (χ1) is 16.4. The molecule has 0 saturated carbocycles. The van der Waals surface area contributed by atoms with Gasteiger partial charge >= 0.3 is 0 Å². The number of benzene rings is 3. The van der Waals surface area contributed by atoms with Crippen molar-refractivity contribution in [2.75, 3.05) is 10.8 Å². The largest absolute Gasteiger partial charge is 0.314 e. The Labute approximate surface area is 200 Å². The minimum Gasteiger partial charge on any atom is -0.314 e. The highest BCUT2D eigenvalue weighted by atomic mass is 32.2. The van der Waals surface area contributed by atoms with Gasteiger partial charge in [-0.25, -0.2) is 12.8 Å². The molecule has 0 atom stereocenters. The molecule has 2 heterocycles. The number of hydrogen-bond donors (Lipinski definition) is 0. The van der Waals surface area contributed by atoms with Crippen molar-refractivity contribution >= 4 is 43.2 Å². The predicted molar refractivity (Wildman–Crippen MR) is 131 cm³/mol. The molecule has 0 unspecified atom stereocenters. The van der Waals surface area contributed by atoms with Crippen molar-refractivity contribution in [2.24, 2.45) is 4.99 Å². The molecular formula is C25H22FN3O3S2. The number of hydrogen-bond acceptors (Lipinski definition) is 4. The Kier molecular flexibility index (Phi) is 5.83. The fraction of sp³-hybridized carbons (Fsp3) is 0.200. The van der Waals surface area contributed by atoms with Gasteiger partial charge in [-0.3, -0.25) is 9.10 Å². The fourth-order valence-corrected chi connectivity index (χ4v) is 6.91. The van der Waals surface area contributed by atoms with E-state index >= 15 is 0 Å². The average Bonchev–Trinajstić information content (AvgIpc) is 3.22. The number of aromatic nitrogens is 1. The van der Waals surface area contributed by atoms with Crippen LogP contribution in [-0.2, 0) is 23.0 Å². The van der Waals surface area contributed by atoms with E-state index in [0.29, 0.717) is 33.8 Å². The SMILES string of the molecule is CCn1c(=NC(=O)c2ccc(S(=O)(=O)N3CCCc4ccccc43)cc2)sc2cccc(F)c21. The van der Waals surface area contributed by atoms with Crippen molar-refractivity contribution in [2.45, 2.75) is 31.2 Å². The summed E-state index contributed by atoms with van der Waals surface area (Å²) in [5.74, 6) is -0.875. The van der Waals surface area contributed by atoms with Crippen LogP contribution in [0.2, 0.25) is 0 Å². The van der Waals surface area contributed by atoms with Crippen molar-refractivity contribution in [3.63, 3.8) is 0 Å². The lowest BCUT2D eigenvalue weighted by molar-refractivity contribution is 0.0997. The Morgan fingerprint density at radius 3 is 2.59 bits per heavy atom. The van der Waals surface area contributed by atoms with Crippen LogP contribution in [0.1, 0.15) is 29.3 Å². The van der Waals surface area contributed by atoms with E-state index < -0.39 is 15.9 Å². The predicted octanol–water partition coefficient (Wildman–Crippen LogP) is 4.74. The molecule has 0 bridgehead atoms. The van der Waals surface area contributed by atoms with E-state index in [0.717, 1.165) is 18.4 Å². The number of sulfonamides is 1. The summed E-state index contributed by atoms with van der Waals surface area (Å²) in [4.78, 5) is 17.6. The summed E-state index contributed by atoms with van der Waals surface area (Å²) < 4.78 is 44.7. The minimum absolute atomic E-state index is 0.119. The molecule has 1 aromatic heterocycles. The summed E-state index contributed by atoms with van der Waals surface area (Å²) in [7, 11) is -3.76. The van der Waals surface area contributed by atoms with Gasteiger partial charge in [0.05, 0.1) is 20.8 Å². The smallest absolute Gasteiger partial charge is 0.279 e. The van der Waals surface area contributed by atoms with E-state index in [4.69, 9.17) is 0 Å². The monoisotopic (exact) mass is 495 g/mol. The van der Waals surface area contributed by atoms with Crippen molar-refractivity contribution in [3.05, 3.63) is 88.5 Å². The first-order valence-electron chi connectivity index (χ1n) is 11.0. The Morgan fingerprint density at radius 1 is 1.06 bits per heavy atom. The highest BCUT2D eigenvalue weighted by molar-refractivity contribution is 7.92. The summed E-state index contributed by atoms with van der Waals surface area (Å²) >= 11 is 1.24. The van der Waals surface area contributed by atoms with Gasteiger partial charge in [-0.15, -0.1) is 0 Å². The lowest BCUT2D eigenvalue weighted by Gasteiger charge is -2.30. The second-order valence-corrected chi connectivity index (χ2v) is 10.8. The highest BCUT2D eigenvalue weighted by Crippen LogP contribution is 2.31. The Hall–Kier alpha value is -3.30. The van der Waals surface area contributed by atoms with Crippen LogP contribution in [0, 0.1) is 5.82 Å². The highest BCUT2D eigenvalue weighted by Gasteiger charge is 2.29. The Bertz CT molecular complexity index is 1570. The van der Waals surface area contributed by atoms with E-state index in [1.165, 1.54) is 46.0 Å². The van der Waals surface area contributed by atoms with Gasteiger partial charge in [0.15, 0.2) is 4.80 Å². The molecule has 0 aliphatic carbocycles. The topological polar surface area (TPSA) is 71.7 Å². The molecule has 0 saturated heterocycles. The quantitative estimate of drug-likeness (QED) is 0.410. The lowest BCUT2D eigenvalue weighted by Crippen LogP contribution is -2.35. The van der Waals surface area contributed by atoms with Crippen molar-refractivity contribution in [1.29, 1.82) is 0 Å². The van der Waals surface area contributed by atoms with E-state index in [1.807, 2.05) is 31.2 Å². The van der Waals surface area contributed by atoms with Gasteiger partial charge in [-0.2, -0.15) is 4.99 Å². The molecule has 4 aromatic rings. The number of carbonyl (C=O) groups is 1. The number of halogens is 1. The number of amides is 1. The molecule has 5 rings (SSSR count). The summed E-state index contributed by atoms with van der Waals surface area (Å²) in [5, 5.41) is 0. The first-order valence-corrected chi connectivity index (χ1v) is 13.2. The van der Waals surface area contributed by atoms with Crippen LogP contribution in [-0.4, -0.2) is 25.4 Å². The molecule has 1 aliphatic rings. The molecule has 0 radical (unpaired) electrons. The summed E-state index contributed by atoms with van der Waals surface area (Å²) in [6.07, 6.45) is 1.59. The molecule has 6 nitrogen and oxygen atoms in total. The molecular weight excluding hydrogens is 473 g/mol. The van der Waals surface area contributed by atoms with Crippen LogP contribution in [0.25, 0.3) is 10.2 Å². The second kappa shape index (κ2) is 8.81. The summed E-state index contributed by atoms with van der Waals surface area (Å²) in [6, 6.07) is 18.1. The van der Waals surface area contributed by atoms with E-state index in [9.17, 15) is 17.6 Å². The average molecular weight is 496 g/mol. The van der Waals surface area contributed by atoms with Gasteiger partial charge in [0.25, 0.3) is 15.9 Å². The number of rotatable bonds is 4. The zero-order valence-corrected chi connectivity index (χ0v) is 20.1. The van der Waals surface area contributed by atoms with Gasteiger partial charge in [0.2, 0.25) is 0 Å². The van der Waals surface area contributed by atoms with Crippen molar-refractivity contribution in [1.82, 2.24) is 4.57 Å². The third-order valence-electron chi connectivity index (χ3n) is 5.92. The van der Waals surface area contributed by atoms with E-state index in [1.54, 1.807) is 16.7 Å². The number of fused-ring (bicyclic) bond motifs is 2. The molecule has 0 spiro atoms. The fourth-order valence-electron chi connectivity index (χ4n) is 4.26. The first kappa shape index (κ1) is 22.5. The molecule has 1 amide bonds. The van der Waals surface area contributed by atoms with Gasteiger partial charge in [0.1, 0.15) is 5.82 Å². The van der Waals surface area contributed by atoms with Gasteiger partial charge in [-0.05, 0) is 67.8 Å². The van der Waals surface area contributed by atoms with Crippen LogP contribution >= 0.6 is 11.3 Å². The van der Waals surface area contributed by atoms with Crippen LogP contribution in [0.15, 0.2) is 76.6 Å². The molecule has 0 fully saturated rings. The van der Waals surface area contributed by atoms with Crippen LogP contribution in [0.4, 0.5) is 10.1 Å². The van der Waals surface area contributed by atoms with Crippen LogP contribution in [0.5, 0.6) is 0 Å². The number of aryl methyl sites for hydroxylation is 2. The van der Waals surface area contributed by atoms with E-state index in [2.05, 4.69) is 4.99 Å². The maximum Gasteiger partial charge on any atom is 0.279 e. The Balaban J connectivity index is 1.47. The third kappa shape index (κ3) is 3.84. The number of anilines is 1. The summed E-state index contributed by atoms with van der Waals surface area (Å²) in [6.45, 7) is 2.73. The third-order valence-corrected chi connectivity index (χ3v) is 8.79. The molecule has 0 N–H and O–H groups in total. The normalized spacial score (nSPS) is 14.4. The van der Waals surface area contributed by atoms with Crippen molar-refractivity contribution < 1.29 is 17.6 Å². The molecule has 1 aliphatic heterocycles. The zero-order valence-electron chi connectivity index (χ0n) is 18.4. The molecule has 3 aromatic carbocycles. The van der Waals surface area contributed by atoms with Crippen molar-refractivity contribution in [3.8, 4) is 0 Å². The van der Waals surface area contributed by atoms with Gasteiger partial charge in [0, 0.05) is 18.7 Å². The van der Waals surface area contributed by atoms with E-state index in [-0.39, 0.29) is 16.3 Å². The molecule has 9 heteroatoms. The van der Waals surface area contributed by atoms with Gasteiger partial charge < -0.3 is 4.57 Å². The lowest BCUT2D eigenvalue weighted by atomic mass is 10.0. The zero-order chi connectivity index (χ0) is 23.9. The summed E-state index contributed by atoms with van der Waals surface area (Å²) in [5.41, 5.74) is 2.39. The number of carbonyl (C=O) groups excluding carboxylic acids is 1. The number of para-hydroxylation sites is 2. The number of nitrogens with zero attached hydrogens (tertiary/aromatic N) is 3. The van der Waals surface area contributed by atoms with Crippen LogP contribution in [0.3, 0.4) is 0 Å². The molecule has 34 heavy (non-hydrogen) atoms. The van der Waals surface area contributed by atoms with Gasteiger partial charge in [-0.1, -0.05) is 35.6 Å². The maximum absolute atomic E-state index is 14.3.